The maximum absolute atomic E-state index is 12.1. The molecule has 168 valence electrons. The lowest BCUT2D eigenvalue weighted by atomic mass is 10.0. The van der Waals surface area contributed by atoms with E-state index in [1.54, 1.807) is 0 Å². The van der Waals surface area contributed by atoms with E-state index in [0.717, 1.165) is 18.4 Å². The van der Waals surface area contributed by atoms with E-state index in [4.69, 9.17) is 14.2 Å². The van der Waals surface area contributed by atoms with Gasteiger partial charge in [0, 0.05) is 19.3 Å². The molecule has 30 heavy (non-hydrogen) atoms. The van der Waals surface area contributed by atoms with Crippen molar-refractivity contribution in [1.29, 1.82) is 0 Å². The monoisotopic (exact) mass is 418 g/mol. The van der Waals surface area contributed by atoms with Gasteiger partial charge in [-0.25, -0.2) is 0 Å². The number of rotatable bonds is 16. The highest BCUT2D eigenvalue weighted by atomic mass is 16.6. The minimum atomic E-state index is -0.847. The molecule has 1 aromatic carbocycles. The van der Waals surface area contributed by atoms with Gasteiger partial charge in [-0.2, -0.15) is 0 Å². The number of unbranched alkanes of at least 4 members (excludes halogenated alkanes) is 8. The van der Waals surface area contributed by atoms with Crippen LogP contribution >= 0.6 is 0 Å². The van der Waals surface area contributed by atoms with E-state index in [9.17, 15) is 9.59 Å². The molecule has 2 rings (SSSR count). The zero-order valence-corrected chi connectivity index (χ0v) is 18.5. The fourth-order valence-electron chi connectivity index (χ4n) is 3.71. The molecule has 1 aliphatic heterocycles. The smallest absolute Gasteiger partial charge is 0.306 e. The number of hydrogen-bond donors (Lipinski definition) is 0. The van der Waals surface area contributed by atoms with Gasteiger partial charge < -0.3 is 14.2 Å². The number of carbonyl (C=O) groups excluding carboxylic acids is 2. The molecule has 1 heterocycles. The van der Waals surface area contributed by atoms with Crippen LogP contribution in [0.25, 0.3) is 0 Å². The molecule has 0 N–H and O–H groups in total. The standard InChI is InChI=1S/C25H38O5/c1-2-3-4-5-6-7-8-9-13-16-23(26)29-21-25(18-17-24(27)30-25)20-28-19-22-14-11-10-12-15-22/h10-12,14-15H,2-9,13,16-21H2,1H3. The van der Waals surface area contributed by atoms with Gasteiger partial charge in [0.05, 0.1) is 13.2 Å². The average molecular weight is 419 g/mol. The Labute approximate surface area is 181 Å². The minimum Gasteiger partial charge on any atom is -0.461 e. The number of ether oxygens (including phenoxy) is 3. The molecule has 0 spiro atoms. The summed E-state index contributed by atoms with van der Waals surface area (Å²) in [5, 5.41) is 0. The molecule has 0 saturated carbocycles. The van der Waals surface area contributed by atoms with Gasteiger partial charge in [-0.3, -0.25) is 9.59 Å². The van der Waals surface area contributed by atoms with Gasteiger partial charge in [0.1, 0.15) is 6.61 Å². The van der Waals surface area contributed by atoms with E-state index in [0.29, 0.717) is 25.9 Å². The summed E-state index contributed by atoms with van der Waals surface area (Å²) in [5.74, 6) is -0.475. The van der Waals surface area contributed by atoms with Crippen LogP contribution in [0.1, 0.15) is 89.5 Å². The molecule has 1 aliphatic rings. The van der Waals surface area contributed by atoms with Crippen LogP contribution in [0, 0.1) is 0 Å². The first kappa shape index (κ1) is 24.4. The van der Waals surface area contributed by atoms with Crippen LogP contribution in [-0.2, 0) is 30.4 Å². The van der Waals surface area contributed by atoms with Crippen LogP contribution in [0.3, 0.4) is 0 Å². The number of carbonyl (C=O) groups is 2. The van der Waals surface area contributed by atoms with Gasteiger partial charge in [-0.15, -0.1) is 0 Å². The topological polar surface area (TPSA) is 61.8 Å². The highest BCUT2D eigenvalue weighted by Crippen LogP contribution is 2.28. The average Bonchev–Trinajstić information content (AvgIpc) is 3.13. The van der Waals surface area contributed by atoms with Gasteiger partial charge in [-0.05, 0) is 12.0 Å². The Morgan fingerprint density at radius 2 is 1.63 bits per heavy atom. The fourth-order valence-corrected chi connectivity index (χ4v) is 3.71. The molecule has 1 fully saturated rings. The highest BCUT2D eigenvalue weighted by molar-refractivity contribution is 5.72. The third kappa shape index (κ3) is 9.75. The van der Waals surface area contributed by atoms with E-state index >= 15 is 0 Å². The lowest BCUT2D eigenvalue weighted by Crippen LogP contribution is -2.40. The first-order valence-electron chi connectivity index (χ1n) is 11.6. The van der Waals surface area contributed by atoms with E-state index in [1.807, 2.05) is 30.3 Å². The Balaban J connectivity index is 1.60. The fraction of sp³-hybridized carbons (Fsp3) is 0.680. The van der Waals surface area contributed by atoms with Crippen molar-refractivity contribution in [3.8, 4) is 0 Å². The van der Waals surface area contributed by atoms with E-state index in [-0.39, 0.29) is 25.2 Å². The third-order valence-electron chi connectivity index (χ3n) is 5.57. The van der Waals surface area contributed by atoms with Crippen molar-refractivity contribution in [1.82, 2.24) is 0 Å². The lowest BCUT2D eigenvalue weighted by molar-refractivity contribution is -0.169. The first-order chi connectivity index (χ1) is 14.6. The van der Waals surface area contributed by atoms with Gasteiger partial charge in [0.15, 0.2) is 5.60 Å². The minimum absolute atomic E-state index is 0.0732. The molecule has 0 bridgehead atoms. The molecule has 0 amide bonds. The van der Waals surface area contributed by atoms with Crippen LogP contribution in [0.2, 0.25) is 0 Å². The molecule has 1 saturated heterocycles. The molecule has 1 aromatic rings. The summed E-state index contributed by atoms with van der Waals surface area (Å²) in [7, 11) is 0. The molecule has 0 aliphatic carbocycles. The van der Waals surface area contributed by atoms with Gasteiger partial charge >= 0.3 is 11.9 Å². The van der Waals surface area contributed by atoms with E-state index in [1.165, 1.54) is 44.9 Å². The second-order valence-electron chi connectivity index (χ2n) is 8.37. The quantitative estimate of drug-likeness (QED) is 0.253. The second-order valence-corrected chi connectivity index (χ2v) is 8.37. The Kier molecular flexibility index (Phi) is 11.5. The molecular formula is C25H38O5. The van der Waals surface area contributed by atoms with Crippen molar-refractivity contribution >= 4 is 11.9 Å². The Bertz CT molecular complexity index is 615. The summed E-state index contributed by atoms with van der Waals surface area (Å²) in [4.78, 5) is 23.8. The summed E-state index contributed by atoms with van der Waals surface area (Å²) >= 11 is 0. The second kappa shape index (κ2) is 14.2. The Hall–Kier alpha value is -1.88. The summed E-state index contributed by atoms with van der Waals surface area (Å²) in [6.45, 7) is 2.98. The van der Waals surface area contributed by atoms with Crippen molar-refractivity contribution in [3.63, 3.8) is 0 Å². The summed E-state index contributed by atoms with van der Waals surface area (Å²) < 4.78 is 16.7. The summed E-state index contributed by atoms with van der Waals surface area (Å²) in [6, 6.07) is 9.84. The Morgan fingerprint density at radius 1 is 0.967 bits per heavy atom. The molecule has 5 nitrogen and oxygen atoms in total. The van der Waals surface area contributed by atoms with Crippen molar-refractivity contribution in [2.24, 2.45) is 0 Å². The van der Waals surface area contributed by atoms with E-state index in [2.05, 4.69) is 6.92 Å². The predicted octanol–water partition coefficient (Wildman–Crippen LogP) is 5.74. The van der Waals surface area contributed by atoms with E-state index < -0.39 is 5.60 Å². The van der Waals surface area contributed by atoms with Crippen LogP contribution in [-0.4, -0.2) is 30.8 Å². The summed E-state index contributed by atoms with van der Waals surface area (Å²) in [6.07, 6.45) is 12.2. The molecule has 0 radical (unpaired) electrons. The number of cyclic esters (lactones) is 1. The maximum Gasteiger partial charge on any atom is 0.306 e. The van der Waals surface area contributed by atoms with Crippen LogP contribution in [0.15, 0.2) is 30.3 Å². The molecule has 1 unspecified atom stereocenters. The Morgan fingerprint density at radius 3 is 2.27 bits per heavy atom. The summed E-state index contributed by atoms with van der Waals surface area (Å²) in [5.41, 5.74) is 0.208. The van der Waals surface area contributed by atoms with Gasteiger partial charge in [0.2, 0.25) is 0 Å². The van der Waals surface area contributed by atoms with Crippen LogP contribution in [0.5, 0.6) is 0 Å². The maximum atomic E-state index is 12.1. The first-order valence-corrected chi connectivity index (χ1v) is 11.6. The van der Waals surface area contributed by atoms with Crippen molar-refractivity contribution in [2.45, 2.75) is 96.2 Å². The molecular weight excluding hydrogens is 380 g/mol. The van der Waals surface area contributed by atoms with Crippen molar-refractivity contribution in [3.05, 3.63) is 35.9 Å². The van der Waals surface area contributed by atoms with Crippen molar-refractivity contribution in [2.75, 3.05) is 13.2 Å². The molecule has 0 aromatic heterocycles. The van der Waals surface area contributed by atoms with Crippen LogP contribution in [0.4, 0.5) is 0 Å². The molecule has 5 heteroatoms. The van der Waals surface area contributed by atoms with Gasteiger partial charge in [0.25, 0.3) is 0 Å². The third-order valence-corrected chi connectivity index (χ3v) is 5.57. The molecule has 1 atom stereocenters. The number of hydrogen-bond acceptors (Lipinski definition) is 5. The highest BCUT2D eigenvalue weighted by Gasteiger charge is 2.42. The largest absolute Gasteiger partial charge is 0.461 e. The number of benzene rings is 1. The zero-order chi connectivity index (χ0) is 21.5. The SMILES string of the molecule is CCCCCCCCCCCC(=O)OCC1(COCc2ccccc2)CCC(=O)O1. The zero-order valence-electron chi connectivity index (χ0n) is 18.5. The predicted molar refractivity (Wildman–Crippen MR) is 117 cm³/mol. The van der Waals surface area contributed by atoms with Gasteiger partial charge in [-0.1, -0.05) is 88.6 Å². The number of esters is 2. The lowest BCUT2D eigenvalue weighted by Gasteiger charge is -2.27. The van der Waals surface area contributed by atoms with Crippen molar-refractivity contribution < 1.29 is 23.8 Å². The normalized spacial score (nSPS) is 18.4. The van der Waals surface area contributed by atoms with Crippen LogP contribution < -0.4 is 0 Å².